The van der Waals surface area contributed by atoms with Gasteiger partial charge in [-0.3, -0.25) is 0 Å². The Morgan fingerprint density at radius 3 is 2.86 bits per heavy atom. The van der Waals surface area contributed by atoms with E-state index in [9.17, 15) is 5.11 Å². The molecule has 3 aliphatic carbocycles. The second-order valence-electron chi connectivity index (χ2n) is 7.26. The molecule has 1 saturated carbocycles. The molecule has 0 aliphatic heterocycles. The molecule has 0 saturated heterocycles. The first-order valence-corrected chi connectivity index (χ1v) is 8.77. The summed E-state index contributed by atoms with van der Waals surface area (Å²) in [6.07, 6.45) is 7.78. The SMILES string of the molecule is CCC12CCC3=C(CCc4cc(OC)ccc43)[C@@H]1CC[C@@H]2O. The first kappa shape index (κ1) is 14.3. The Morgan fingerprint density at radius 1 is 1.23 bits per heavy atom. The standard InChI is InChI=1S/C20H26O2/c1-3-20-11-10-16-15-7-5-14(22-2)12-13(15)4-6-17(16)18(20)8-9-19(20)21/h5,7,12,18-19,21H,3-4,6,8-11H2,1-2H3/t18-,19-,20?/m0/s1. The van der Waals surface area contributed by atoms with Gasteiger partial charge in [0.05, 0.1) is 13.2 Å². The maximum atomic E-state index is 10.6. The van der Waals surface area contributed by atoms with Gasteiger partial charge < -0.3 is 9.84 Å². The van der Waals surface area contributed by atoms with Crippen molar-refractivity contribution in [3.63, 3.8) is 0 Å². The number of methoxy groups -OCH3 is 1. The number of ether oxygens (including phenoxy) is 1. The molecule has 1 fully saturated rings. The number of aliphatic hydroxyl groups excluding tert-OH is 1. The van der Waals surface area contributed by atoms with E-state index >= 15 is 0 Å². The van der Waals surface area contributed by atoms with Gasteiger partial charge in [-0.05, 0) is 79.7 Å². The van der Waals surface area contributed by atoms with Crippen molar-refractivity contribution in [1.82, 2.24) is 0 Å². The van der Waals surface area contributed by atoms with Crippen molar-refractivity contribution >= 4 is 5.57 Å². The van der Waals surface area contributed by atoms with Crippen molar-refractivity contribution in [2.75, 3.05) is 7.11 Å². The summed E-state index contributed by atoms with van der Waals surface area (Å²) in [5, 5.41) is 10.6. The Morgan fingerprint density at radius 2 is 2.09 bits per heavy atom. The Balaban J connectivity index is 1.79. The molecule has 0 heterocycles. The van der Waals surface area contributed by atoms with Gasteiger partial charge in [0.15, 0.2) is 0 Å². The third-order valence-electron chi connectivity index (χ3n) is 6.69. The molecule has 3 atom stereocenters. The number of hydrogen-bond acceptors (Lipinski definition) is 2. The lowest BCUT2D eigenvalue weighted by atomic mass is 9.60. The minimum atomic E-state index is -0.0891. The highest BCUT2D eigenvalue weighted by molar-refractivity contribution is 5.75. The predicted molar refractivity (Wildman–Crippen MR) is 88.9 cm³/mol. The van der Waals surface area contributed by atoms with Gasteiger partial charge in [-0.2, -0.15) is 0 Å². The van der Waals surface area contributed by atoms with Crippen molar-refractivity contribution in [3.8, 4) is 5.75 Å². The minimum absolute atomic E-state index is 0.0891. The van der Waals surface area contributed by atoms with Crippen LogP contribution in [0.15, 0.2) is 23.8 Å². The van der Waals surface area contributed by atoms with Gasteiger partial charge in [-0.25, -0.2) is 0 Å². The van der Waals surface area contributed by atoms with Crippen LogP contribution in [0.1, 0.15) is 56.6 Å². The van der Waals surface area contributed by atoms with Gasteiger partial charge in [-0.15, -0.1) is 0 Å². The summed E-state index contributed by atoms with van der Waals surface area (Å²) in [4.78, 5) is 0. The number of allylic oxidation sites excluding steroid dienone is 2. The summed E-state index contributed by atoms with van der Waals surface area (Å²) in [5.41, 5.74) is 6.33. The van der Waals surface area contributed by atoms with Gasteiger partial charge in [0.2, 0.25) is 0 Å². The van der Waals surface area contributed by atoms with Gasteiger partial charge in [-0.1, -0.05) is 18.6 Å². The molecule has 2 heteroatoms. The quantitative estimate of drug-likeness (QED) is 0.879. The van der Waals surface area contributed by atoms with Crippen molar-refractivity contribution in [2.24, 2.45) is 11.3 Å². The van der Waals surface area contributed by atoms with E-state index in [1.54, 1.807) is 18.3 Å². The lowest BCUT2D eigenvalue weighted by Gasteiger charge is -2.45. The minimum Gasteiger partial charge on any atom is -0.497 e. The third kappa shape index (κ3) is 1.83. The maximum Gasteiger partial charge on any atom is 0.119 e. The molecule has 1 aromatic carbocycles. The van der Waals surface area contributed by atoms with E-state index in [-0.39, 0.29) is 11.5 Å². The van der Waals surface area contributed by atoms with Crippen LogP contribution in [0.2, 0.25) is 0 Å². The Bertz CT molecular complexity index is 631. The molecule has 4 rings (SSSR count). The topological polar surface area (TPSA) is 29.5 Å². The zero-order valence-electron chi connectivity index (χ0n) is 13.7. The number of fused-ring (bicyclic) bond motifs is 4. The fourth-order valence-corrected chi connectivity index (χ4v) is 5.48. The first-order chi connectivity index (χ1) is 10.7. The van der Waals surface area contributed by atoms with E-state index in [2.05, 4.69) is 25.1 Å². The number of hydrogen-bond donors (Lipinski definition) is 1. The van der Waals surface area contributed by atoms with Gasteiger partial charge in [0, 0.05) is 5.41 Å². The van der Waals surface area contributed by atoms with Crippen LogP contribution < -0.4 is 4.74 Å². The van der Waals surface area contributed by atoms with E-state index in [0.29, 0.717) is 5.92 Å². The van der Waals surface area contributed by atoms with Crippen molar-refractivity contribution in [2.45, 2.75) is 58.0 Å². The lowest BCUT2D eigenvalue weighted by Crippen LogP contribution is -2.39. The molecule has 0 aromatic heterocycles. The number of rotatable bonds is 2. The van der Waals surface area contributed by atoms with Crippen molar-refractivity contribution in [1.29, 1.82) is 0 Å². The summed E-state index contributed by atoms with van der Waals surface area (Å²) in [6.45, 7) is 2.27. The molecule has 0 spiro atoms. The first-order valence-electron chi connectivity index (χ1n) is 8.77. The third-order valence-corrected chi connectivity index (χ3v) is 6.69. The summed E-state index contributed by atoms with van der Waals surface area (Å²) < 4.78 is 5.38. The van der Waals surface area contributed by atoms with E-state index in [4.69, 9.17) is 4.74 Å². The van der Waals surface area contributed by atoms with E-state index in [1.807, 2.05) is 0 Å². The van der Waals surface area contributed by atoms with Crippen LogP contribution >= 0.6 is 0 Å². The molecule has 1 aromatic rings. The van der Waals surface area contributed by atoms with Crippen molar-refractivity contribution < 1.29 is 9.84 Å². The van der Waals surface area contributed by atoms with Gasteiger partial charge in [0.1, 0.15) is 5.75 Å². The average molecular weight is 298 g/mol. The highest BCUT2D eigenvalue weighted by Gasteiger charge is 2.52. The van der Waals surface area contributed by atoms with Crippen LogP contribution in [0.3, 0.4) is 0 Å². The number of aryl methyl sites for hydroxylation is 1. The molecule has 0 bridgehead atoms. The average Bonchev–Trinajstić information content (AvgIpc) is 2.91. The predicted octanol–water partition coefficient (Wildman–Crippen LogP) is 4.36. The van der Waals surface area contributed by atoms with E-state index in [0.717, 1.165) is 37.9 Å². The van der Waals surface area contributed by atoms with E-state index < -0.39 is 0 Å². The molecule has 22 heavy (non-hydrogen) atoms. The van der Waals surface area contributed by atoms with E-state index in [1.165, 1.54) is 24.0 Å². The van der Waals surface area contributed by atoms with Crippen LogP contribution in [0.5, 0.6) is 5.75 Å². The van der Waals surface area contributed by atoms with Crippen LogP contribution in [-0.2, 0) is 6.42 Å². The van der Waals surface area contributed by atoms with Gasteiger partial charge in [0.25, 0.3) is 0 Å². The second kappa shape index (κ2) is 5.13. The molecular formula is C20H26O2. The Kier molecular flexibility index (Phi) is 3.34. The Hall–Kier alpha value is -1.28. The summed E-state index contributed by atoms with van der Waals surface area (Å²) >= 11 is 0. The summed E-state index contributed by atoms with van der Waals surface area (Å²) in [5.74, 6) is 1.59. The largest absolute Gasteiger partial charge is 0.497 e. The van der Waals surface area contributed by atoms with Gasteiger partial charge >= 0.3 is 0 Å². The van der Waals surface area contributed by atoms with Crippen LogP contribution in [-0.4, -0.2) is 18.3 Å². The smallest absolute Gasteiger partial charge is 0.119 e. The maximum absolute atomic E-state index is 10.6. The number of aliphatic hydroxyl groups is 1. The highest BCUT2D eigenvalue weighted by Crippen LogP contribution is 2.59. The fourth-order valence-electron chi connectivity index (χ4n) is 5.48. The molecule has 118 valence electrons. The normalized spacial score (nSPS) is 33.2. The Labute approximate surface area is 133 Å². The molecule has 1 N–H and O–H groups in total. The monoisotopic (exact) mass is 298 g/mol. The lowest BCUT2D eigenvalue weighted by molar-refractivity contribution is 0.0193. The molecule has 1 unspecified atom stereocenters. The second-order valence-corrected chi connectivity index (χ2v) is 7.26. The zero-order chi connectivity index (χ0) is 15.3. The molecule has 2 nitrogen and oxygen atoms in total. The fraction of sp³-hybridized carbons (Fsp3) is 0.600. The van der Waals surface area contributed by atoms with Crippen LogP contribution in [0.25, 0.3) is 5.57 Å². The molecule has 0 radical (unpaired) electrons. The number of benzene rings is 1. The zero-order valence-corrected chi connectivity index (χ0v) is 13.7. The van der Waals surface area contributed by atoms with Crippen molar-refractivity contribution in [3.05, 3.63) is 34.9 Å². The van der Waals surface area contributed by atoms with Crippen LogP contribution in [0, 0.1) is 11.3 Å². The molecule has 0 amide bonds. The summed E-state index contributed by atoms with van der Waals surface area (Å²) in [7, 11) is 1.74. The molecular weight excluding hydrogens is 272 g/mol. The highest BCUT2D eigenvalue weighted by atomic mass is 16.5. The molecule has 3 aliphatic rings. The van der Waals surface area contributed by atoms with Crippen LogP contribution in [0.4, 0.5) is 0 Å². The summed E-state index contributed by atoms with van der Waals surface area (Å²) in [6, 6.07) is 6.57.